The van der Waals surface area contributed by atoms with Crippen molar-refractivity contribution in [3.05, 3.63) is 36.0 Å². The third-order valence-electron chi connectivity index (χ3n) is 2.45. The average molecular weight is 247 g/mol. The molecule has 0 fully saturated rings. The molecule has 3 N–H and O–H groups in total. The van der Waals surface area contributed by atoms with Crippen LogP contribution in [-0.4, -0.2) is 11.4 Å². The first-order valence-electron chi connectivity index (χ1n) is 4.78. The Bertz CT molecular complexity index is 456. The summed E-state index contributed by atoms with van der Waals surface area (Å²) in [6, 6.07) is 6.93. The molecule has 2 rings (SSSR count). The van der Waals surface area contributed by atoms with Crippen LogP contribution in [0.4, 0.5) is 8.78 Å². The van der Waals surface area contributed by atoms with Crippen molar-refractivity contribution in [1.82, 2.24) is 4.98 Å². The molecule has 88 valence electrons. The Morgan fingerprint density at radius 1 is 1.25 bits per heavy atom. The van der Waals surface area contributed by atoms with Crippen molar-refractivity contribution < 1.29 is 8.78 Å². The Kier molecular flexibility index (Phi) is 4.26. The van der Waals surface area contributed by atoms with Crippen LogP contribution in [0.15, 0.2) is 30.5 Å². The van der Waals surface area contributed by atoms with Crippen LogP contribution in [0.2, 0.25) is 0 Å². The standard InChI is InChI=1S/C11H12F2N2.ClH/c12-11(13)5-9(14)8-6-15-10-4-2-1-3-7(8)10;/h1-4,6,9,11,15H,5,14H2;1H/t9-;/m1./s1. The third-order valence-corrected chi connectivity index (χ3v) is 2.45. The number of aromatic nitrogens is 1. The van der Waals surface area contributed by atoms with Gasteiger partial charge in [0, 0.05) is 29.6 Å². The molecule has 1 atom stereocenters. The van der Waals surface area contributed by atoms with Crippen LogP contribution in [0.25, 0.3) is 10.9 Å². The van der Waals surface area contributed by atoms with Gasteiger partial charge in [-0.05, 0) is 11.6 Å². The highest BCUT2D eigenvalue weighted by Crippen LogP contribution is 2.25. The monoisotopic (exact) mass is 246 g/mol. The van der Waals surface area contributed by atoms with E-state index in [9.17, 15) is 8.78 Å². The summed E-state index contributed by atoms with van der Waals surface area (Å²) in [6.45, 7) is 0. The van der Waals surface area contributed by atoms with E-state index in [1.165, 1.54) is 0 Å². The summed E-state index contributed by atoms with van der Waals surface area (Å²) in [7, 11) is 0. The molecule has 0 radical (unpaired) electrons. The molecule has 5 heteroatoms. The molecule has 0 saturated heterocycles. The fourth-order valence-electron chi connectivity index (χ4n) is 1.72. The fourth-order valence-corrected chi connectivity index (χ4v) is 1.72. The predicted octanol–water partition coefficient (Wildman–Crippen LogP) is 3.24. The van der Waals surface area contributed by atoms with Crippen LogP contribution in [0, 0.1) is 0 Å². The largest absolute Gasteiger partial charge is 0.361 e. The van der Waals surface area contributed by atoms with Gasteiger partial charge in [0.05, 0.1) is 0 Å². The maximum atomic E-state index is 12.2. The molecule has 0 amide bonds. The van der Waals surface area contributed by atoms with Gasteiger partial charge in [-0.25, -0.2) is 8.78 Å². The second kappa shape index (κ2) is 5.27. The van der Waals surface area contributed by atoms with Crippen molar-refractivity contribution in [3.63, 3.8) is 0 Å². The van der Waals surface area contributed by atoms with E-state index in [4.69, 9.17) is 5.73 Å². The van der Waals surface area contributed by atoms with Gasteiger partial charge in [0.1, 0.15) is 0 Å². The molecule has 0 aliphatic rings. The molecule has 0 saturated carbocycles. The third kappa shape index (κ3) is 2.51. The second-order valence-corrected chi connectivity index (χ2v) is 3.52. The van der Waals surface area contributed by atoms with Crippen LogP contribution in [0.3, 0.4) is 0 Å². The molecule has 16 heavy (non-hydrogen) atoms. The Labute approximate surface area is 98.2 Å². The maximum Gasteiger partial charge on any atom is 0.240 e. The Morgan fingerprint density at radius 3 is 2.62 bits per heavy atom. The number of para-hydroxylation sites is 1. The van der Waals surface area contributed by atoms with Crippen molar-refractivity contribution in [2.45, 2.75) is 18.9 Å². The van der Waals surface area contributed by atoms with E-state index >= 15 is 0 Å². The molecule has 0 aliphatic carbocycles. The number of alkyl halides is 2. The van der Waals surface area contributed by atoms with Gasteiger partial charge >= 0.3 is 0 Å². The van der Waals surface area contributed by atoms with E-state index in [-0.39, 0.29) is 18.8 Å². The number of H-pyrrole nitrogens is 1. The smallest absolute Gasteiger partial charge is 0.240 e. The zero-order chi connectivity index (χ0) is 10.8. The van der Waals surface area contributed by atoms with Crippen LogP contribution < -0.4 is 5.73 Å². The summed E-state index contributed by atoms with van der Waals surface area (Å²) >= 11 is 0. The van der Waals surface area contributed by atoms with Gasteiger partial charge in [-0.3, -0.25) is 0 Å². The number of aromatic amines is 1. The van der Waals surface area contributed by atoms with Crippen molar-refractivity contribution in [1.29, 1.82) is 0 Å². The highest BCUT2D eigenvalue weighted by atomic mass is 35.5. The fraction of sp³-hybridized carbons (Fsp3) is 0.273. The molecule has 1 heterocycles. The van der Waals surface area contributed by atoms with Crippen LogP contribution in [0.5, 0.6) is 0 Å². The summed E-state index contributed by atoms with van der Waals surface area (Å²) in [4.78, 5) is 3.02. The van der Waals surface area contributed by atoms with Gasteiger partial charge in [0.15, 0.2) is 0 Å². The van der Waals surface area contributed by atoms with E-state index in [1.807, 2.05) is 24.3 Å². The molecule has 1 aromatic heterocycles. The Morgan fingerprint density at radius 2 is 1.94 bits per heavy atom. The summed E-state index contributed by atoms with van der Waals surface area (Å²) in [5.41, 5.74) is 7.39. The van der Waals surface area contributed by atoms with Crippen LogP contribution in [0.1, 0.15) is 18.0 Å². The van der Waals surface area contributed by atoms with Crippen molar-refractivity contribution in [3.8, 4) is 0 Å². The van der Waals surface area contributed by atoms with Gasteiger partial charge < -0.3 is 10.7 Å². The zero-order valence-electron chi connectivity index (χ0n) is 8.49. The Hall–Kier alpha value is -1.13. The minimum absolute atomic E-state index is 0. The lowest BCUT2D eigenvalue weighted by molar-refractivity contribution is 0.128. The molecular formula is C11H13ClF2N2. The van der Waals surface area contributed by atoms with Crippen LogP contribution >= 0.6 is 12.4 Å². The van der Waals surface area contributed by atoms with Crippen molar-refractivity contribution in [2.75, 3.05) is 0 Å². The summed E-state index contributed by atoms with van der Waals surface area (Å²) in [5.74, 6) is 0. The lowest BCUT2D eigenvalue weighted by Gasteiger charge is -2.09. The first-order valence-corrected chi connectivity index (χ1v) is 4.78. The van der Waals surface area contributed by atoms with E-state index in [2.05, 4.69) is 4.98 Å². The summed E-state index contributed by atoms with van der Waals surface area (Å²) in [5, 5.41) is 0.922. The minimum Gasteiger partial charge on any atom is -0.361 e. The number of hydrogen-bond donors (Lipinski definition) is 2. The molecule has 0 aliphatic heterocycles. The van der Waals surface area contributed by atoms with E-state index in [1.54, 1.807) is 6.20 Å². The molecule has 0 unspecified atom stereocenters. The highest BCUT2D eigenvalue weighted by molar-refractivity contribution is 5.85. The molecule has 0 bridgehead atoms. The number of benzene rings is 1. The number of nitrogens with one attached hydrogen (secondary N) is 1. The summed E-state index contributed by atoms with van der Waals surface area (Å²) in [6.07, 6.45) is -0.965. The van der Waals surface area contributed by atoms with Crippen molar-refractivity contribution in [2.24, 2.45) is 5.73 Å². The van der Waals surface area contributed by atoms with Crippen LogP contribution in [-0.2, 0) is 0 Å². The van der Waals surface area contributed by atoms with Gasteiger partial charge in [-0.1, -0.05) is 18.2 Å². The minimum atomic E-state index is -2.37. The van der Waals surface area contributed by atoms with E-state index in [0.717, 1.165) is 16.5 Å². The average Bonchev–Trinajstić information content (AvgIpc) is 2.59. The van der Waals surface area contributed by atoms with E-state index < -0.39 is 12.5 Å². The lowest BCUT2D eigenvalue weighted by Crippen LogP contribution is -2.13. The molecule has 2 nitrogen and oxygen atoms in total. The molecule has 2 aromatic rings. The number of nitrogens with two attached hydrogens (primary N) is 1. The first kappa shape index (κ1) is 12.9. The number of hydrogen-bond acceptors (Lipinski definition) is 1. The second-order valence-electron chi connectivity index (χ2n) is 3.52. The first-order chi connectivity index (χ1) is 7.18. The molecule has 0 spiro atoms. The normalized spacial score (nSPS) is 12.8. The Balaban J connectivity index is 0.00000128. The quantitative estimate of drug-likeness (QED) is 0.858. The lowest BCUT2D eigenvalue weighted by atomic mass is 10.0. The molecular weight excluding hydrogens is 234 g/mol. The number of fused-ring (bicyclic) bond motifs is 1. The van der Waals surface area contributed by atoms with Gasteiger partial charge in [-0.2, -0.15) is 0 Å². The van der Waals surface area contributed by atoms with E-state index in [0.29, 0.717) is 0 Å². The topological polar surface area (TPSA) is 41.8 Å². The van der Waals surface area contributed by atoms with Gasteiger partial charge in [-0.15, -0.1) is 12.4 Å². The highest BCUT2D eigenvalue weighted by Gasteiger charge is 2.15. The summed E-state index contributed by atoms with van der Waals surface area (Å²) < 4.78 is 24.4. The SMILES string of the molecule is Cl.N[C@H](CC(F)F)c1c[nH]c2ccccc12. The van der Waals surface area contributed by atoms with Gasteiger partial charge in [0.2, 0.25) is 6.43 Å². The predicted molar refractivity (Wildman–Crippen MR) is 63.1 cm³/mol. The number of halogens is 3. The maximum absolute atomic E-state index is 12.2. The number of rotatable bonds is 3. The molecule has 1 aromatic carbocycles. The van der Waals surface area contributed by atoms with Crippen molar-refractivity contribution >= 4 is 23.3 Å². The zero-order valence-corrected chi connectivity index (χ0v) is 9.31. The van der Waals surface area contributed by atoms with Gasteiger partial charge in [0.25, 0.3) is 0 Å².